The summed E-state index contributed by atoms with van der Waals surface area (Å²) in [5, 5.41) is 0. The average molecular weight is 453 g/mol. The maximum absolute atomic E-state index is 14.1. The van der Waals surface area contributed by atoms with Gasteiger partial charge in [0.2, 0.25) is 5.91 Å². The van der Waals surface area contributed by atoms with Gasteiger partial charge in [-0.3, -0.25) is 9.59 Å². The first-order valence-corrected chi connectivity index (χ1v) is 11.5. The number of nitrogens with zero attached hydrogens (tertiary/aromatic N) is 2. The lowest BCUT2D eigenvalue weighted by Gasteiger charge is -2.41. The third-order valence-corrected chi connectivity index (χ3v) is 6.82. The van der Waals surface area contributed by atoms with Gasteiger partial charge < -0.3 is 24.0 Å². The van der Waals surface area contributed by atoms with E-state index in [-0.39, 0.29) is 11.8 Å². The number of likely N-dealkylation sites (tertiary alicyclic amines) is 1. The molecule has 2 aromatic carbocycles. The summed E-state index contributed by atoms with van der Waals surface area (Å²) in [4.78, 5) is 31.2. The Morgan fingerprint density at radius 3 is 2.06 bits per heavy atom. The second-order valence-corrected chi connectivity index (χ2v) is 8.65. The largest absolute Gasteiger partial charge is 0.497 e. The Bertz CT molecular complexity index is 1010. The Morgan fingerprint density at radius 2 is 1.48 bits per heavy atom. The lowest BCUT2D eigenvalue weighted by atomic mass is 9.78. The molecule has 0 radical (unpaired) electrons. The van der Waals surface area contributed by atoms with E-state index in [0.29, 0.717) is 22.6 Å². The van der Waals surface area contributed by atoms with Gasteiger partial charge in [-0.1, -0.05) is 25.0 Å². The second-order valence-electron chi connectivity index (χ2n) is 8.65. The molecule has 0 saturated carbocycles. The van der Waals surface area contributed by atoms with Gasteiger partial charge in [-0.2, -0.15) is 0 Å². The molecule has 0 aliphatic carbocycles. The van der Waals surface area contributed by atoms with Crippen molar-refractivity contribution in [3.05, 3.63) is 53.1 Å². The van der Waals surface area contributed by atoms with E-state index in [1.807, 2.05) is 29.2 Å². The van der Waals surface area contributed by atoms with Crippen molar-refractivity contribution in [2.45, 2.75) is 37.6 Å². The Balaban J connectivity index is 1.87. The van der Waals surface area contributed by atoms with Crippen LogP contribution >= 0.6 is 0 Å². The van der Waals surface area contributed by atoms with Crippen molar-refractivity contribution < 1.29 is 23.8 Å². The minimum atomic E-state index is -0.547. The van der Waals surface area contributed by atoms with Crippen LogP contribution in [0.3, 0.4) is 0 Å². The van der Waals surface area contributed by atoms with E-state index in [9.17, 15) is 9.59 Å². The summed E-state index contributed by atoms with van der Waals surface area (Å²) in [5.74, 6) is 1.06. The molecule has 7 heteroatoms. The van der Waals surface area contributed by atoms with Gasteiger partial charge in [0, 0.05) is 25.7 Å². The SMILES string of the molecule is COc1ccc(C2C(C(=O)N3CCCCCC3)c3cc(OC)c(OC)cc3C(=O)N2C)cc1. The van der Waals surface area contributed by atoms with Gasteiger partial charge >= 0.3 is 0 Å². The van der Waals surface area contributed by atoms with Gasteiger partial charge in [0.05, 0.1) is 33.3 Å². The van der Waals surface area contributed by atoms with Gasteiger partial charge in [0.15, 0.2) is 11.5 Å². The first kappa shape index (κ1) is 23.0. The molecule has 2 aromatic rings. The van der Waals surface area contributed by atoms with Crippen LogP contribution in [-0.4, -0.2) is 63.1 Å². The van der Waals surface area contributed by atoms with Crippen LogP contribution in [0.5, 0.6) is 17.2 Å². The zero-order valence-corrected chi connectivity index (χ0v) is 19.8. The normalized spacial score (nSPS) is 20.7. The lowest BCUT2D eigenvalue weighted by molar-refractivity contribution is -0.134. The molecule has 2 atom stereocenters. The molecule has 0 aromatic heterocycles. The highest BCUT2D eigenvalue weighted by Gasteiger charge is 2.45. The van der Waals surface area contributed by atoms with E-state index in [1.165, 1.54) is 0 Å². The highest BCUT2D eigenvalue weighted by molar-refractivity contribution is 6.02. The molecular weight excluding hydrogens is 420 g/mol. The number of hydrogen-bond donors (Lipinski definition) is 0. The zero-order chi connectivity index (χ0) is 23.5. The van der Waals surface area contributed by atoms with Crippen molar-refractivity contribution in [3.63, 3.8) is 0 Å². The Hall–Kier alpha value is -3.22. The maximum Gasteiger partial charge on any atom is 0.254 e. The second kappa shape index (κ2) is 9.73. The van der Waals surface area contributed by atoms with Gasteiger partial charge in [-0.05, 0) is 48.2 Å². The fourth-order valence-electron chi connectivity index (χ4n) is 5.02. The third-order valence-electron chi connectivity index (χ3n) is 6.82. The highest BCUT2D eigenvalue weighted by atomic mass is 16.5. The molecule has 4 rings (SSSR count). The van der Waals surface area contributed by atoms with Gasteiger partial charge in [0.1, 0.15) is 5.75 Å². The predicted octanol–water partition coefficient (Wildman–Crippen LogP) is 4.03. The summed E-state index contributed by atoms with van der Waals surface area (Å²) < 4.78 is 16.3. The molecule has 1 fully saturated rings. The highest BCUT2D eigenvalue weighted by Crippen LogP contribution is 2.46. The van der Waals surface area contributed by atoms with Crippen molar-refractivity contribution in [2.24, 2.45) is 0 Å². The van der Waals surface area contributed by atoms with Crippen LogP contribution in [0.4, 0.5) is 0 Å². The van der Waals surface area contributed by atoms with Crippen LogP contribution in [-0.2, 0) is 4.79 Å². The van der Waals surface area contributed by atoms with E-state index >= 15 is 0 Å². The topological polar surface area (TPSA) is 68.3 Å². The van der Waals surface area contributed by atoms with E-state index in [0.717, 1.165) is 50.1 Å². The minimum Gasteiger partial charge on any atom is -0.497 e. The van der Waals surface area contributed by atoms with Crippen LogP contribution in [0.1, 0.15) is 59.1 Å². The number of carbonyl (C=O) groups excluding carboxylic acids is 2. The van der Waals surface area contributed by atoms with E-state index in [4.69, 9.17) is 14.2 Å². The fraction of sp³-hybridized carbons (Fsp3) is 0.462. The van der Waals surface area contributed by atoms with Crippen molar-refractivity contribution in [1.29, 1.82) is 0 Å². The van der Waals surface area contributed by atoms with Crippen LogP contribution in [0.15, 0.2) is 36.4 Å². The number of ether oxygens (including phenoxy) is 3. The molecule has 2 aliphatic heterocycles. The molecule has 0 N–H and O–H groups in total. The van der Waals surface area contributed by atoms with Gasteiger partial charge in [0.25, 0.3) is 5.91 Å². The van der Waals surface area contributed by atoms with E-state index in [2.05, 4.69) is 0 Å². The first-order valence-electron chi connectivity index (χ1n) is 11.5. The number of fused-ring (bicyclic) bond motifs is 1. The number of amides is 2. The van der Waals surface area contributed by atoms with Crippen LogP contribution in [0.2, 0.25) is 0 Å². The van der Waals surface area contributed by atoms with E-state index < -0.39 is 12.0 Å². The first-order chi connectivity index (χ1) is 16.0. The molecule has 0 spiro atoms. The van der Waals surface area contributed by atoms with Crippen molar-refractivity contribution in [1.82, 2.24) is 9.80 Å². The quantitative estimate of drug-likeness (QED) is 0.685. The maximum atomic E-state index is 14.1. The number of methoxy groups -OCH3 is 3. The summed E-state index contributed by atoms with van der Waals surface area (Å²) in [5.41, 5.74) is 2.05. The number of benzene rings is 2. The molecule has 7 nitrogen and oxygen atoms in total. The van der Waals surface area contributed by atoms with Crippen molar-refractivity contribution in [3.8, 4) is 17.2 Å². The molecule has 33 heavy (non-hydrogen) atoms. The predicted molar refractivity (Wildman–Crippen MR) is 125 cm³/mol. The van der Waals surface area contributed by atoms with Crippen LogP contribution in [0, 0.1) is 0 Å². The molecule has 1 saturated heterocycles. The summed E-state index contributed by atoms with van der Waals surface area (Å²) in [7, 11) is 6.49. The van der Waals surface area contributed by atoms with Crippen LogP contribution in [0.25, 0.3) is 0 Å². The van der Waals surface area contributed by atoms with Crippen molar-refractivity contribution >= 4 is 11.8 Å². The van der Waals surface area contributed by atoms with Gasteiger partial charge in [-0.25, -0.2) is 0 Å². The summed E-state index contributed by atoms with van der Waals surface area (Å²) in [6.07, 6.45) is 4.27. The number of likely N-dealkylation sites (N-methyl/N-ethyl adjacent to an activating group) is 1. The van der Waals surface area contributed by atoms with Crippen LogP contribution < -0.4 is 14.2 Å². The van der Waals surface area contributed by atoms with Crippen molar-refractivity contribution in [2.75, 3.05) is 41.5 Å². The molecule has 2 unspecified atom stereocenters. The molecule has 2 aliphatic rings. The molecule has 2 heterocycles. The average Bonchev–Trinajstić information content (AvgIpc) is 3.14. The third kappa shape index (κ3) is 4.24. The Morgan fingerprint density at radius 1 is 0.879 bits per heavy atom. The standard InChI is InChI=1S/C26H32N2O5/c1-27-24(17-9-11-18(31-2)12-10-17)23(26(30)28-13-7-5-6-8-14-28)19-15-21(32-3)22(33-4)16-20(19)25(27)29/h9-12,15-16,23-24H,5-8,13-14H2,1-4H3. The number of rotatable bonds is 5. The lowest BCUT2D eigenvalue weighted by Crippen LogP contribution is -2.47. The molecule has 2 amide bonds. The molecule has 0 bridgehead atoms. The summed E-state index contributed by atoms with van der Waals surface area (Å²) in [6, 6.07) is 10.7. The monoisotopic (exact) mass is 452 g/mol. The molecular formula is C26H32N2O5. The Labute approximate surface area is 195 Å². The summed E-state index contributed by atoms with van der Waals surface area (Å²) in [6.45, 7) is 1.48. The smallest absolute Gasteiger partial charge is 0.254 e. The number of carbonyl (C=O) groups is 2. The molecule has 176 valence electrons. The zero-order valence-electron chi connectivity index (χ0n) is 19.8. The Kier molecular flexibility index (Phi) is 6.77. The fourth-order valence-corrected chi connectivity index (χ4v) is 5.02. The summed E-state index contributed by atoms with van der Waals surface area (Å²) >= 11 is 0. The van der Waals surface area contributed by atoms with Gasteiger partial charge in [-0.15, -0.1) is 0 Å². The van der Waals surface area contributed by atoms with E-state index in [1.54, 1.807) is 45.4 Å². The number of hydrogen-bond acceptors (Lipinski definition) is 5. The minimum absolute atomic E-state index is 0.0468.